The summed E-state index contributed by atoms with van der Waals surface area (Å²) in [4.78, 5) is 3.93. The van der Waals surface area contributed by atoms with Crippen LogP contribution in [0.5, 0.6) is 17.4 Å². The Hall–Kier alpha value is -3.99. The average Bonchev–Trinajstić information content (AvgIpc) is 3.23. The summed E-state index contributed by atoms with van der Waals surface area (Å²) in [7, 11) is -3.99. The van der Waals surface area contributed by atoms with Crippen LogP contribution >= 0.6 is 0 Å². The van der Waals surface area contributed by atoms with Gasteiger partial charge in [0.15, 0.2) is 17.4 Å². The van der Waals surface area contributed by atoms with Crippen LogP contribution in [0.15, 0.2) is 71.9 Å². The molecule has 0 spiro atoms. The van der Waals surface area contributed by atoms with E-state index in [1.807, 2.05) is 6.92 Å². The maximum absolute atomic E-state index is 14.0. The second-order valence-electron chi connectivity index (χ2n) is 6.83. The molecule has 2 aromatic carbocycles. The van der Waals surface area contributed by atoms with Crippen LogP contribution in [0.2, 0.25) is 0 Å². The van der Waals surface area contributed by atoms with E-state index < -0.39 is 15.8 Å². The number of nitrogens with one attached hydrogen (secondary N) is 1. The summed E-state index contributed by atoms with van der Waals surface area (Å²) in [5.74, 6) is 1.34. The number of sulfonamides is 1. The van der Waals surface area contributed by atoms with Crippen LogP contribution in [0.3, 0.4) is 0 Å². The summed E-state index contributed by atoms with van der Waals surface area (Å²) in [6.45, 7) is 3.84. The number of imidazole rings is 1. The van der Waals surface area contributed by atoms with Gasteiger partial charge in [0, 0.05) is 24.1 Å². The highest BCUT2D eigenvalue weighted by molar-refractivity contribution is 7.92. The molecule has 0 aliphatic heterocycles. The molecule has 9 nitrogen and oxygen atoms in total. The van der Waals surface area contributed by atoms with E-state index in [1.54, 1.807) is 48.1 Å². The first-order valence-electron chi connectivity index (χ1n) is 9.93. The lowest BCUT2D eigenvalue weighted by Gasteiger charge is -2.11. The topological polar surface area (TPSA) is 108 Å². The van der Waals surface area contributed by atoms with E-state index in [2.05, 4.69) is 19.9 Å². The highest BCUT2D eigenvalue weighted by atomic mass is 32.2. The molecular weight excluding hydrogens is 449 g/mol. The number of ether oxygens (including phenoxy) is 2. The van der Waals surface area contributed by atoms with E-state index in [-0.39, 0.29) is 28.8 Å². The minimum Gasteiger partial charge on any atom is -0.491 e. The normalized spacial score (nSPS) is 11.2. The summed E-state index contributed by atoms with van der Waals surface area (Å²) in [6, 6.07) is 13.1. The third-order valence-electron chi connectivity index (χ3n) is 4.54. The van der Waals surface area contributed by atoms with Crippen LogP contribution in [0.25, 0.3) is 5.82 Å². The molecule has 0 fully saturated rings. The molecule has 4 rings (SSSR count). The van der Waals surface area contributed by atoms with Crippen LogP contribution < -0.4 is 14.2 Å². The number of hydrogen-bond acceptors (Lipinski definition) is 7. The van der Waals surface area contributed by atoms with Crippen molar-refractivity contribution in [3.63, 3.8) is 0 Å². The molecule has 0 saturated carbocycles. The molecule has 11 heteroatoms. The first kappa shape index (κ1) is 22.2. The molecule has 2 heterocycles. The number of rotatable bonds is 8. The van der Waals surface area contributed by atoms with Crippen molar-refractivity contribution in [2.75, 3.05) is 11.3 Å². The van der Waals surface area contributed by atoms with Crippen molar-refractivity contribution in [1.82, 2.24) is 19.7 Å². The molecule has 4 aromatic rings. The second-order valence-corrected chi connectivity index (χ2v) is 8.51. The van der Waals surface area contributed by atoms with Gasteiger partial charge in [0.25, 0.3) is 10.0 Å². The molecule has 170 valence electrons. The molecule has 0 aliphatic rings. The molecule has 0 unspecified atom stereocenters. The Bertz CT molecular complexity index is 1360. The third-order valence-corrected chi connectivity index (χ3v) is 5.92. The van der Waals surface area contributed by atoms with Gasteiger partial charge >= 0.3 is 0 Å². The standard InChI is InChI=1S/C22H20FN5O4S/c1-3-31-20-9-8-18(14-19(20)23)33(29,30)27-16-4-6-17(7-5-16)32-22-11-10-21(25-26-22)28-13-12-24-15(28)2/h4-14,27H,3H2,1-2H3. The lowest BCUT2D eigenvalue weighted by Crippen LogP contribution is -2.13. The Morgan fingerprint density at radius 2 is 1.85 bits per heavy atom. The van der Waals surface area contributed by atoms with Crippen molar-refractivity contribution < 1.29 is 22.3 Å². The monoisotopic (exact) mass is 469 g/mol. The fourth-order valence-electron chi connectivity index (χ4n) is 2.96. The average molecular weight is 469 g/mol. The Morgan fingerprint density at radius 3 is 2.45 bits per heavy atom. The van der Waals surface area contributed by atoms with Crippen molar-refractivity contribution in [3.05, 3.63) is 78.6 Å². The molecule has 0 radical (unpaired) electrons. The number of halogens is 1. The van der Waals surface area contributed by atoms with Gasteiger partial charge in [-0.3, -0.25) is 9.29 Å². The molecule has 2 aromatic heterocycles. The fraction of sp³-hybridized carbons (Fsp3) is 0.136. The lowest BCUT2D eigenvalue weighted by molar-refractivity contribution is 0.321. The zero-order chi connectivity index (χ0) is 23.4. The van der Waals surface area contributed by atoms with Crippen molar-refractivity contribution in [2.45, 2.75) is 18.7 Å². The van der Waals surface area contributed by atoms with Gasteiger partial charge in [-0.2, -0.15) is 0 Å². The van der Waals surface area contributed by atoms with Gasteiger partial charge in [-0.15, -0.1) is 10.2 Å². The van der Waals surface area contributed by atoms with Gasteiger partial charge in [0.1, 0.15) is 11.6 Å². The molecule has 0 saturated heterocycles. The predicted octanol–water partition coefficient (Wildman–Crippen LogP) is 4.10. The largest absolute Gasteiger partial charge is 0.491 e. The maximum atomic E-state index is 14.0. The molecule has 1 N–H and O–H groups in total. The number of aryl methyl sites for hydroxylation is 1. The number of anilines is 1. The fourth-order valence-corrected chi connectivity index (χ4v) is 4.03. The molecular formula is C22H20FN5O4S. The first-order valence-corrected chi connectivity index (χ1v) is 11.4. The maximum Gasteiger partial charge on any atom is 0.262 e. The van der Waals surface area contributed by atoms with Crippen LogP contribution in [-0.2, 0) is 10.0 Å². The summed E-state index contributed by atoms with van der Waals surface area (Å²) in [5, 5.41) is 8.16. The van der Waals surface area contributed by atoms with Gasteiger partial charge in [0.05, 0.1) is 11.5 Å². The van der Waals surface area contributed by atoms with E-state index in [1.165, 1.54) is 24.3 Å². The van der Waals surface area contributed by atoms with E-state index in [0.29, 0.717) is 11.6 Å². The summed E-state index contributed by atoms with van der Waals surface area (Å²) < 4.78 is 54.1. The second kappa shape index (κ2) is 9.25. The quantitative estimate of drug-likeness (QED) is 0.414. The lowest BCUT2D eigenvalue weighted by atomic mass is 10.3. The van der Waals surface area contributed by atoms with Crippen LogP contribution in [-0.4, -0.2) is 34.8 Å². The zero-order valence-corrected chi connectivity index (χ0v) is 18.6. The molecule has 33 heavy (non-hydrogen) atoms. The predicted molar refractivity (Wildman–Crippen MR) is 119 cm³/mol. The van der Waals surface area contributed by atoms with Gasteiger partial charge in [-0.25, -0.2) is 17.8 Å². The summed E-state index contributed by atoms with van der Waals surface area (Å²) in [5.41, 5.74) is 0.286. The molecule has 0 amide bonds. The first-order chi connectivity index (χ1) is 15.9. The van der Waals surface area contributed by atoms with Crippen molar-refractivity contribution in [3.8, 4) is 23.2 Å². The Labute approximate surface area is 189 Å². The van der Waals surface area contributed by atoms with Gasteiger partial charge < -0.3 is 9.47 Å². The van der Waals surface area contributed by atoms with E-state index in [9.17, 15) is 12.8 Å². The highest BCUT2D eigenvalue weighted by Gasteiger charge is 2.17. The Balaban J connectivity index is 1.43. The Morgan fingerprint density at radius 1 is 1.06 bits per heavy atom. The molecule has 0 aliphatic carbocycles. The zero-order valence-electron chi connectivity index (χ0n) is 17.8. The van der Waals surface area contributed by atoms with E-state index >= 15 is 0 Å². The molecule has 0 bridgehead atoms. The third kappa shape index (κ3) is 5.09. The number of hydrogen-bond donors (Lipinski definition) is 1. The number of aromatic nitrogens is 4. The summed E-state index contributed by atoms with van der Waals surface area (Å²) >= 11 is 0. The van der Waals surface area contributed by atoms with Crippen LogP contribution in [0.1, 0.15) is 12.7 Å². The van der Waals surface area contributed by atoms with Gasteiger partial charge in [-0.1, -0.05) is 0 Å². The summed E-state index contributed by atoms with van der Waals surface area (Å²) in [6.07, 6.45) is 3.45. The van der Waals surface area contributed by atoms with Crippen molar-refractivity contribution in [1.29, 1.82) is 0 Å². The SMILES string of the molecule is CCOc1ccc(S(=O)(=O)Nc2ccc(Oc3ccc(-n4ccnc4C)nn3)cc2)cc1F. The molecule has 0 atom stereocenters. The van der Waals surface area contributed by atoms with Gasteiger partial charge in [0.2, 0.25) is 5.88 Å². The highest BCUT2D eigenvalue weighted by Crippen LogP contribution is 2.25. The van der Waals surface area contributed by atoms with Crippen LogP contribution in [0.4, 0.5) is 10.1 Å². The van der Waals surface area contributed by atoms with Crippen LogP contribution in [0, 0.1) is 12.7 Å². The minimum absolute atomic E-state index is 0.00533. The Kier molecular flexibility index (Phi) is 6.22. The smallest absolute Gasteiger partial charge is 0.262 e. The van der Waals surface area contributed by atoms with Crippen molar-refractivity contribution >= 4 is 15.7 Å². The number of nitrogens with zero attached hydrogens (tertiary/aromatic N) is 4. The van der Waals surface area contributed by atoms with Gasteiger partial charge in [-0.05, 0) is 62.4 Å². The van der Waals surface area contributed by atoms with Crippen molar-refractivity contribution in [2.24, 2.45) is 0 Å². The van der Waals surface area contributed by atoms with E-state index in [4.69, 9.17) is 9.47 Å². The minimum atomic E-state index is -3.99. The number of benzene rings is 2. The van der Waals surface area contributed by atoms with E-state index in [0.717, 1.165) is 11.9 Å².